The molecule has 0 bridgehead atoms. The lowest BCUT2D eigenvalue weighted by Gasteiger charge is -2.36. The third kappa shape index (κ3) is 2.39. The lowest BCUT2D eigenvalue weighted by molar-refractivity contribution is -0.120. The Bertz CT molecular complexity index is 333. The van der Waals surface area contributed by atoms with E-state index in [2.05, 4.69) is 28.9 Å². The zero-order valence-corrected chi connectivity index (χ0v) is 9.54. The van der Waals surface area contributed by atoms with Crippen LogP contribution in [-0.4, -0.2) is 47.4 Å². The van der Waals surface area contributed by atoms with E-state index in [0.717, 1.165) is 32.6 Å². The Morgan fingerprint density at radius 2 is 1.88 bits per heavy atom. The summed E-state index contributed by atoms with van der Waals surface area (Å²) in [6.07, 6.45) is 4.59. The number of carbonyl (C=O) groups excluding carboxylic acids is 1. The molecule has 1 aliphatic heterocycles. The summed E-state index contributed by atoms with van der Waals surface area (Å²) >= 11 is 0. The van der Waals surface area contributed by atoms with Crippen molar-refractivity contribution in [1.29, 1.82) is 0 Å². The lowest BCUT2D eigenvalue weighted by atomic mass is 10.1. The van der Waals surface area contributed by atoms with Gasteiger partial charge in [-0.15, -0.1) is 0 Å². The van der Waals surface area contributed by atoms with Gasteiger partial charge in [0.05, 0.1) is 0 Å². The third-order valence-corrected chi connectivity index (χ3v) is 3.23. The van der Waals surface area contributed by atoms with Crippen LogP contribution in [-0.2, 0) is 4.79 Å². The fourth-order valence-electron chi connectivity index (χ4n) is 2.08. The molecule has 2 heterocycles. The van der Waals surface area contributed by atoms with Crippen LogP contribution < -0.4 is 0 Å². The molecule has 0 radical (unpaired) electrons. The number of aromatic nitrogens is 1. The zero-order valence-electron chi connectivity index (χ0n) is 9.54. The zero-order chi connectivity index (χ0) is 11.4. The fraction of sp³-hybridized carbons (Fsp3) is 0.500. The van der Waals surface area contributed by atoms with Gasteiger partial charge in [-0.25, -0.2) is 0 Å². The highest BCUT2D eigenvalue weighted by molar-refractivity contribution is 5.47. The fourth-order valence-corrected chi connectivity index (χ4v) is 2.08. The highest BCUT2D eigenvalue weighted by Crippen LogP contribution is 2.20. The lowest BCUT2D eigenvalue weighted by Crippen LogP contribution is -2.46. The second-order valence-corrected chi connectivity index (χ2v) is 4.13. The molecule has 0 aromatic carbocycles. The van der Waals surface area contributed by atoms with Crippen molar-refractivity contribution in [1.82, 2.24) is 14.8 Å². The van der Waals surface area contributed by atoms with Crippen molar-refractivity contribution in [2.24, 2.45) is 0 Å². The minimum absolute atomic E-state index is 0.400. The average Bonchev–Trinajstić information content (AvgIpc) is 2.39. The van der Waals surface area contributed by atoms with Gasteiger partial charge in [0.25, 0.3) is 0 Å². The van der Waals surface area contributed by atoms with Crippen LogP contribution in [0.4, 0.5) is 0 Å². The summed E-state index contributed by atoms with van der Waals surface area (Å²) in [6, 6.07) is 4.50. The molecule has 1 aromatic rings. The second-order valence-electron chi connectivity index (χ2n) is 4.13. The van der Waals surface area contributed by atoms with E-state index >= 15 is 0 Å². The Kier molecular flexibility index (Phi) is 3.51. The molecule has 1 amide bonds. The van der Waals surface area contributed by atoms with Gasteiger partial charge in [-0.2, -0.15) is 0 Å². The maximum absolute atomic E-state index is 10.6. The highest BCUT2D eigenvalue weighted by Gasteiger charge is 2.20. The molecule has 1 saturated heterocycles. The molecule has 16 heavy (non-hydrogen) atoms. The SMILES string of the molecule is CC(c1ccncc1)N1CCN(C=O)CC1. The first kappa shape index (κ1) is 11.1. The number of hydrogen-bond donors (Lipinski definition) is 0. The molecule has 4 heteroatoms. The molecule has 2 rings (SSSR count). The van der Waals surface area contributed by atoms with Crippen molar-refractivity contribution in [3.63, 3.8) is 0 Å². The van der Waals surface area contributed by atoms with Gasteiger partial charge in [0, 0.05) is 44.6 Å². The number of pyridine rings is 1. The van der Waals surface area contributed by atoms with E-state index in [1.807, 2.05) is 17.3 Å². The standard InChI is InChI=1S/C12H17N3O/c1-11(12-2-4-13-5-3-12)15-8-6-14(10-16)7-9-15/h2-5,10-11H,6-9H2,1H3. The van der Waals surface area contributed by atoms with Gasteiger partial charge in [-0.3, -0.25) is 14.7 Å². The number of amides is 1. The number of carbonyl (C=O) groups is 1. The average molecular weight is 219 g/mol. The van der Waals surface area contributed by atoms with Crippen LogP contribution in [0.5, 0.6) is 0 Å². The number of rotatable bonds is 3. The van der Waals surface area contributed by atoms with Crippen LogP contribution in [0.25, 0.3) is 0 Å². The van der Waals surface area contributed by atoms with Gasteiger partial charge in [0.2, 0.25) is 6.41 Å². The summed E-state index contributed by atoms with van der Waals surface area (Å²) in [5.74, 6) is 0. The van der Waals surface area contributed by atoms with Crippen molar-refractivity contribution < 1.29 is 4.79 Å². The van der Waals surface area contributed by atoms with Crippen molar-refractivity contribution >= 4 is 6.41 Å². The van der Waals surface area contributed by atoms with E-state index in [0.29, 0.717) is 6.04 Å². The van der Waals surface area contributed by atoms with Crippen LogP contribution in [0.1, 0.15) is 18.5 Å². The van der Waals surface area contributed by atoms with Gasteiger partial charge in [0.15, 0.2) is 0 Å². The predicted octanol–water partition coefficient (Wildman–Crippen LogP) is 0.917. The first-order valence-corrected chi connectivity index (χ1v) is 5.64. The van der Waals surface area contributed by atoms with Crippen molar-refractivity contribution in [2.45, 2.75) is 13.0 Å². The van der Waals surface area contributed by atoms with Crippen molar-refractivity contribution in [3.8, 4) is 0 Å². The van der Waals surface area contributed by atoms with Crippen LogP contribution in [0.15, 0.2) is 24.5 Å². The normalized spacial score (nSPS) is 19.4. The molecule has 0 aliphatic carbocycles. The molecule has 1 aromatic heterocycles. The molecule has 0 saturated carbocycles. The predicted molar refractivity (Wildman–Crippen MR) is 61.9 cm³/mol. The Balaban J connectivity index is 1.96. The highest BCUT2D eigenvalue weighted by atomic mass is 16.1. The molecule has 1 fully saturated rings. The van der Waals surface area contributed by atoms with Crippen molar-refractivity contribution in [3.05, 3.63) is 30.1 Å². The molecule has 86 valence electrons. The number of piperazine rings is 1. The van der Waals surface area contributed by atoms with E-state index in [4.69, 9.17) is 0 Å². The number of hydrogen-bond acceptors (Lipinski definition) is 3. The Labute approximate surface area is 95.9 Å². The summed E-state index contributed by atoms with van der Waals surface area (Å²) in [7, 11) is 0. The van der Waals surface area contributed by atoms with Crippen LogP contribution in [0, 0.1) is 0 Å². The minimum atomic E-state index is 0.400. The van der Waals surface area contributed by atoms with Gasteiger partial charge >= 0.3 is 0 Å². The molecule has 0 N–H and O–H groups in total. The monoisotopic (exact) mass is 219 g/mol. The Morgan fingerprint density at radius 1 is 1.25 bits per heavy atom. The molecule has 1 aliphatic rings. The van der Waals surface area contributed by atoms with E-state index in [1.54, 1.807) is 0 Å². The van der Waals surface area contributed by atoms with Crippen LogP contribution in [0.3, 0.4) is 0 Å². The molecular weight excluding hydrogens is 202 g/mol. The van der Waals surface area contributed by atoms with E-state index in [-0.39, 0.29) is 0 Å². The van der Waals surface area contributed by atoms with E-state index < -0.39 is 0 Å². The van der Waals surface area contributed by atoms with Crippen LogP contribution >= 0.6 is 0 Å². The topological polar surface area (TPSA) is 36.4 Å². The Hall–Kier alpha value is -1.42. The van der Waals surface area contributed by atoms with Gasteiger partial charge < -0.3 is 4.90 Å². The number of nitrogens with zero attached hydrogens (tertiary/aromatic N) is 3. The van der Waals surface area contributed by atoms with Crippen LogP contribution in [0.2, 0.25) is 0 Å². The quantitative estimate of drug-likeness (QED) is 0.709. The maximum Gasteiger partial charge on any atom is 0.209 e. The molecular formula is C12H17N3O. The van der Waals surface area contributed by atoms with E-state index in [1.165, 1.54) is 5.56 Å². The molecule has 1 atom stereocenters. The van der Waals surface area contributed by atoms with Gasteiger partial charge in [0.1, 0.15) is 0 Å². The van der Waals surface area contributed by atoms with E-state index in [9.17, 15) is 4.79 Å². The third-order valence-electron chi connectivity index (χ3n) is 3.23. The first-order valence-electron chi connectivity index (χ1n) is 5.64. The van der Waals surface area contributed by atoms with Gasteiger partial charge in [-0.05, 0) is 24.6 Å². The molecule has 1 unspecified atom stereocenters. The smallest absolute Gasteiger partial charge is 0.209 e. The summed E-state index contributed by atoms with van der Waals surface area (Å²) in [5, 5.41) is 0. The Morgan fingerprint density at radius 3 is 2.44 bits per heavy atom. The summed E-state index contributed by atoms with van der Waals surface area (Å²) < 4.78 is 0. The summed E-state index contributed by atoms with van der Waals surface area (Å²) in [5.41, 5.74) is 1.29. The molecule has 0 spiro atoms. The summed E-state index contributed by atoms with van der Waals surface area (Å²) in [4.78, 5) is 18.9. The van der Waals surface area contributed by atoms with Gasteiger partial charge in [-0.1, -0.05) is 0 Å². The summed E-state index contributed by atoms with van der Waals surface area (Å²) in [6.45, 7) is 5.76. The van der Waals surface area contributed by atoms with Crippen molar-refractivity contribution in [2.75, 3.05) is 26.2 Å². The first-order chi connectivity index (χ1) is 7.81. The maximum atomic E-state index is 10.6. The largest absolute Gasteiger partial charge is 0.343 e. The molecule has 4 nitrogen and oxygen atoms in total. The minimum Gasteiger partial charge on any atom is -0.343 e. The second kappa shape index (κ2) is 5.07.